The Morgan fingerprint density at radius 2 is 1.96 bits per heavy atom. The van der Waals surface area contributed by atoms with Gasteiger partial charge in [0.05, 0.1) is 17.0 Å². The zero-order chi connectivity index (χ0) is 17.3. The molecular weight excluding hydrogens is 324 g/mol. The van der Waals surface area contributed by atoms with Crippen molar-refractivity contribution in [2.24, 2.45) is 0 Å². The lowest BCUT2D eigenvalue weighted by molar-refractivity contribution is 0.101. The summed E-state index contributed by atoms with van der Waals surface area (Å²) >= 11 is 5.88. The first-order valence-electron chi connectivity index (χ1n) is 7.87. The van der Waals surface area contributed by atoms with Gasteiger partial charge in [-0.1, -0.05) is 36.8 Å². The number of nitrogens with zero attached hydrogens (tertiary/aromatic N) is 3. The van der Waals surface area contributed by atoms with Crippen LogP contribution in [0.4, 0.5) is 5.82 Å². The minimum absolute atomic E-state index is 0.0910. The molecule has 3 rings (SSSR count). The van der Waals surface area contributed by atoms with Crippen molar-refractivity contribution in [1.82, 2.24) is 14.5 Å². The van der Waals surface area contributed by atoms with E-state index in [2.05, 4.69) is 16.9 Å². The molecule has 0 fully saturated rings. The van der Waals surface area contributed by atoms with Crippen LogP contribution in [0.1, 0.15) is 29.4 Å². The first-order chi connectivity index (χ1) is 11.6. The Balaban J connectivity index is 2.44. The number of nitrogen functional groups attached to an aromatic ring is 1. The van der Waals surface area contributed by atoms with Crippen molar-refractivity contribution in [3.8, 4) is 11.1 Å². The molecule has 1 aromatic carbocycles. The van der Waals surface area contributed by atoms with E-state index in [0.29, 0.717) is 29.1 Å². The van der Waals surface area contributed by atoms with Crippen LogP contribution < -0.4 is 5.73 Å². The third-order valence-electron chi connectivity index (χ3n) is 4.04. The van der Waals surface area contributed by atoms with Crippen LogP contribution in [0.3, 0.4) is 0 Å². The van der Waals surface area contributed by atoms with Crippen molar-refractivity contribution in [3.63, 3.8) is 0 Å². The Kier molecular flexibility index (Phi) is 4.53. The molecule has 0 aliphatic carbocycles. The van der Waals surface area contributed by atoms with E-state index in [-0.39, 0.29) is 11.7 Å². The van der Waals surface area contributed by atoms with Crippen molar-refractivity contribution < 1.29 is 4.79 Å². The summed E-state index contributed by atoms with van der Waals surface area (Å²) in [5.41, 5.74) is 10.2. The average Bonchev–Trinajstić information content (AvgIpc) is 2.91. The summed E-state index contributed by atoms with van der Waals surface area (Å²) in [6.45, 7) is 4.74. The maximum absolute atomic E-state index is 12.6. The van der Waals surface area contributed by atoms with Crippen LogP contribution in [0.25, 0.3) is 22.2 Å². The van der Waals surface area contributed by atoms with Crippen LogP contribution in [0.2, 0.25) is 0 Å². The van der Waals surface area contributed by atoms with E-state index >= 15 is 0 Å². The molecular formula is C18H19ClN4O. The fourth-order valence-electron chi connectivity index (χ4n) is 2.99. The molecule has 0 radical (unpaired) electrons. The van der Waals surface area contributed by atoms with Gasteiger partial charge in [0.15, 0.2) is 5.78 Å². The number of benzene rings is 1. The van der Waals surface area contributed by atoms with E-state index in [4.69, 9.17) is 17.3 Å². The largest absolute Gasteiger partial charge is 0.383 e. The van der Waals surface area contributed by atoms with Crippen molar-refractivity contribution in [2.45, 2.75) is 26.8 Å². The first-order valence-corrected chi connectivity index (χ1v) is 8.40. The highest BCUT2D eigenvalue weighted by Gasteiger charge is 2.25. The average molecular weight is 343 g/mol. The lowest BCUT2D eigenvalue weighted by atomic mass is 10.00. The maximum atomic E-state index is 12.6. The summed E-state index contributed by atoms with van der Waals surface area (Å²) in [4.78, 5) is 21.1. The van der Waals surface area contributed by atoms with Gasteiger partial charge in [0.2, 0.25) is 0 Å². The van der Waals surface area contributed by atoms with Gasteiger partial charge >= 0.3 is 0 Å². The Morgan fingerprint density at radius 1 is 1.25 bits per heavy atom. The molecule has 3 aromatic rings. The zero-order valence-electron chi connectivity index (χ0n) is 13.7. The van der Waals surface area contributed by atoms with Crippen molar-refractivity contribution in [3.05, 3.63) is 41.9 Å². The fraction of sp³-hybridized carbons (Fsp3) is 0.278. The van der Waals surface area contributed by atoms with Crippen LogP contribution in [0, 0.1) is 6.92 Å². The highest BCUT2D eigenvalue weighted by Crippen LogP contribution is 2.37. The summed E-state index contributed by atoms with van der Waals surface area (Å²) in [6.07, 6.45) is 2.29. The van der Waals surface area contributed by atoms with Gasteiger partial charge in [0.1, 0.15) is 17.8 Å². The molecule has 5 nitrogen and oxygen atoms in total. The van der Waals surface area contributed by atoms with E-state index in [1.54, 1.807) is 0 Å². The number of hydrogen-bond acceptors (Lipinski definition) is 4. The Labute approximate surface area is 145 Å². The monoisotopic (exact) mass is 342 g/mol. The minimum atomic E-state index is -0.141. The van der Waals surface area contributed by atoms with Crippen LogP contribution in [-0.4, -0.2) is 26.2 Å². The molecule has 24 heavy (non-hydrogen) atoms. The van der Waals surface area contributed by atoms with Gasteiger partial charge in [-0.2, -0.15) is 0 Å². The second-order valence-electron chi connectivity index (χ2n) is 5.76. The van der Waals surface area contributed by atoms with Crippen molar-refractivity contribution >= 4 is 34.2 Å². The summed E-state index contributed by atoms with van der Waals surface area (Å²) in [5, 5.41) is 0.711. The third kappa shape index (κ3) is 2.65. The number of aromatic nitrogens is 3. The minimum Gasteiger partial charge on any atom is -0.383 e. The predicted octanol–water partition coefficient (Wildman–Crippen LogP) is 3.82. The number of nitrogens with two attached hydrogens (primary N) is 1. The molecule has 0 bridgehead atoms. The van der Waals surface area contributed by atoms with Gasteiger partial charge in [-0.05, 0) is 18.9 Å². The lowest BCUT2D eigenvalue weighted by Gasteiger charge is -2.09. The molecule has 2 aromatic heterocycles. The Bertz CT molecular complexity index is 900. The number of aryl methyl sites for hydroxylation is 2. The highest BCUT2D eigenvalue weighted by molar-refractivity contribution is 6.32. The number of ketones is 1. The molecule has 0 spiro atoms. The van der Waals surface area contributed by atoms with Crippen LogP contribution in [-0.2, 0) is 6.54 Å². The van der Waals surface area contributed by atoms with Crippen molar-refractivity contribution in [1.29, 1.82) is 0 Å². The molecule has 2 heterocycles. The molecule has 0 saturated carbocycles. The number of halogens is 1. The predicted molar refractivity (Wildman–Crippen MR) is 97.5 cm³/mol. The molecule has 6 heteroatoms. The number of carbonyl (C=O) groups is 1. The fourth-order valence-corrected chi connectivity index (χ4v) is 3.12. The van der Waals surface area contributed by atoms with Crippen LogP contribution in [0.15, 0.2) is 30.6 Å². The molecule has 0 aliphatic heterocycles. The van der Waals surface area contributed by atoms with E-state index in [1.807, 2.05) is 35.8 Å². The second kappa shape index (κ2) is 6.61. The number of rotatable bonds is 5. The molecule has 0 saturated heterocycles. The van der Waals surface area contributed by atoms with E-state index in [1.165, 1.54) is 6.33 Å². The Morgan fingerprint density at radius 3 is 2.58 bits per heavy atom. The van der Waals surface area contributed by atoms with Crippen LogP contribution >= 0.6 is 11.6 Å². The van der Waals surface area contributed by atoms with Crippen LogP contribution in [0.5, 0.6) is 0 Å². The molecule has 0 aliphatic rings. The van der Waals surface area contributed by atoms with Gasteiger partial charge in [-0.3, -0.25) is 4.79 Å². The quantitative estimate of drug-likeness (QED) is 0.565. The number of carbonyl (C=O) groups excluding carboxylic acids is 1. The Hall–Kier alpha value is -2.40. The number of fused-ring (bicyclic) bond motifs is 1. The first kappa shape index (κ1) is 16.5. The van der Waals surface area contributed by atoms with E-state index in [0.717, 1.165) is 23.1 Å². The maximum Gasteiger partial charge on any atom is 0.194 e. The molecule has 124 valence electrons. The number of anilines is 1. The number of alkyl halides is 1. The van der Waals surface area contributed by atoms with Crippen molar-refractivity contribution in [2.75, 3.05) is 11.6 Å². The second-order valence-corrected chi connectivity index (χ2v) is 6.02. The topological polar surface area (TPSA) is 73.8 Å². The normalized spacial score (nSPS) is 11.1. The van der Waals surface area contributed by atoms with E-state index < -0.39 is 0 Å². The highest BCUT2D eigenvalue weighted by atomic mass is 35.5. The molecule has 0 amide bonds. The van der Waals surface area contributed by atoms with Gasteiger partial charge in [0, 0.05) is 12.1 Å². The number of hydrogen-bond donors (Lipinski definition) is 1. The smallest absolute Gasteiger partial charge is 0.194 e. The lowest BCUT2D eigenvalue weighted by Crippen LogP contribution is -2.11. The standard InChI is InChI=1S/C18H19ClN4O/c1-3-8-23-16(13(24)9-19)14(12-6-4-11(2)5-7-12)15-17(20)21-10-22-18(15)23/h4-7,10H,3,8-9H2,1-2H3,(H2,20,21,22). The van der Waals surface area contributed by atoms with E-state index in [9.17, 15) is 4.79 Å². The van der Waals surface area contributed by atoms with Gasteiger partial charge < -0.3 is 10.3 Å². The molecule has 0 atom stereocenters. The van der Waals surface area contributed by atoms with Gasteiger partial charge in [-0.15, -0.1) is 11.6 Å². The summed E-state index contributed by atoms with van der Waals surface area (Å²) < 4.78 is 1.91. The molecule has 0 unspecified atom stereocenters. The summed E-state index contributed by atoms with van der Waals surface area (Å²) in [7, 11) is 0. The summed E-state index contributed by atoms with van der Waals surface area (Å²) in [6, 6.07) is 7.98. The van der Waals surface area contributed by atoms with Gasteiger partial charge in [0.25, 0.3) is 0 Å². The number of Topliss-reactive ketones (excluding diaryl/α,β-unsaturated/α-hetero) is 1. The third-order valence-corrected chi connectivity index (χ3v) is 4.28. The van der Waals surface area contributed by atoms with Gasteiger partial charge in [-0.25, -0.2) is 9.97 Å². The summed E-state index contributed by atoms with van der Waals surface area (Å²) in [5.74, 6) is 0.138. The SMILES string of the molecule is CCCn1c(C(=O)CCl)c(-c2ccc(C)cc2)c2c(N)ncnc21. The zero-order valence-corrected chi connectivity index (χ0v) is 14.5. The molecule has 2 N–H and O–H groups in total.